The fourth-order valence-electron chi connectivity index (χ4n) is 2.66. The van der Waals surface area contributed by atoms with Gasteiger partial charge in [-0.05, 0) is 6.07 Å². The Morgan fingerprint density at radius 2 is 2.42 bits per heavy atom. The zero-order valence-electron chi connectivity index (χ0n) is 10.2. The molecule has 5 atom stereocenters. The molecule has 1 saturated heterocycles. The number of ether oxygens (including phenoxy) is 1. The van der Waals surface area contributed by atoms with Crippen LogP contribution in [0.4, 0.5) is 10.2 Å². The SMILES string of the molecule is CNc1ccn(C2C3O[C@H](CO)C(O)C32F)c(=O)n1. The predicted octanol–water partition coefficient (Wildman–Crippen LogP) is -1.33. The lowest BCUT2D eigenvalue weighted by Crippen LogP contribution is -2.39. The van der Waals surface area contributed by atoms with Gasteiger partial charge in [0.1, 0.15) is 30.2 Å². The quantitative estimate of drug-likeness (QED) is 0.630. The molecule has 0 amide bonds. The van der Waals surface area contributed by atoms with E-state index < -0.39 is 42.3 Å². The molecule has 1 saturated carbocycles. The van der Waals surface area contributed by atoms with Gasteiger partial charge >= 0.3 is 5.69 Å². The number of aliphatic hydroxyl groups excluding tert-OH is 2. The van der Waals surface area contributed by atoms with Crippen LogP contribution in [0.2, 0.25) is 0 Å². The minimum atomic E-state index is -2.03. The smallest absolute Gasteiger partial charge is 0.349 e. The first-order valence-corrected chi connectivity index (χ1v) is 5.94. The van der Waals surface area contributed by atoms with Crippen molar-refractivity contribution in [2.75, 3.05) is 19.0 Å². The van der Waals surface area contributed by atoms with Crippen LogP contribution >= 0.6 is 0 Å². The van der Waals surface area contributed by atoms with Crippen LogP contribution in [0.1, 0.15) is 6.04 Å². The summed E-state index contributed by atoms with van der Waals surface area (Å²) in [6.07, 6.45) is -1.88. The number of hydrogen-bond donors (Lipinski definition) is 3. The Balaban J connectivity index is 1.90. The van der Waals surface area contributed by atoms with Gasteiger partial charge < -0.3 is 20.3 Å². The third-order valence-corrected chi connectivity index (χ3v) is 3.76. The molecule has 1 aromatic heterocycles. The van der Waals surface area contributed by atoms with E-state index >= 15 is 0 Å². The average molecular weight is 271 g/mol. The van der Waals surface area contributed by atoms with Crippen molar-refractivity contribution in [2.24, 2.45) is 0 Å². The van der Waals surface area contributed by atoms with Crippen molar-refractivity contribution >= 4 is 5.82 Å². The van der Waals surface area contributed by atoms with Gasteiger partial charge in [0.15, 0.2) is 5.67 Å². The monoisotopic (exact) mass is 271 g/mol. The van der Waals surface area contributed by atoms with Crippen molar-refractivity contribution in [2.45, 2.75) is 30.0 Å². The molecule has 0 radical (unpaired) electrons. The normalized spacial score (nSPS) is 40.0. The highest BCUT2D eigenvalue weighted by Gasteiger charge is 2.79. The van der Waals surface area contributed by atoms with E-state index in [1.54, 1.807) is 7.05 Å². The van der Waals surface area contributed by atoms with Crippen LogP contribution < -0.4 is 11.0 Å². The molecule has 1 aromatic rings. The highest BCUT2D eigenvalue weighted by atomic mass is 19.1. The summed E-state index contributed by atoms with van der Waals surface area (Å²) in [5.74, 6) is 0.384. The molecular formula is C11H14FN3O4. The highest BCUT2D eigenvalue weighted by molar-refractivity contribution is 5.33. The molecule has 7 nitrogen and oxygen atoms in total. The third-order valence-electron chi connectivity index (χ3n) is 3.76. The molecule has 3 rings (SSSR count). The van der Waals surface area contributed by atoms with Crippen LogP contribution in [-0.2, 0) is 4.74 Å². The number of nitrogens with zero attached hydrogens (tertiary/aromatic N) is 2. The Morgan fingerprint density at radius 3 is 2.89 bits per heavy atom. The largest absolute Gasteiger partial charge is 0.394 e. The van der Waals surface area contributed by atoms with Gasteiger partial charge in [0.2, 0.25) is 0 Å². The number of nitrogens with one attached hydrogen (secondary N) is 1. The number of hydrogen-bond acceptors (Lipinski definition) is 6. The maximum absolute atomic E-state index is 14.5. The topological polar surface area (TPSA) is 96.6 Å². The minimum absolute atomic E-state index is 0.384. The summed E-state index contributed by atoms with van der Waals surface area (Å²) >= 11 is 0. The molecule has 2 aliphatic rings. The Kier molecular flexibility index (Phi) is 2.63. The summed E-state index contributed by atoms with van der Waals surface area (Å²) in [6.45, 7) is -0.456. The minimum Gasteiger partial charge on any atom is -0.394 e. The Labute approximate surface area is 107 Å². The number of rotatable bonds is 3. The summed E-state index contributed by atoms with van der Waals surface area (Å²) in [4.78, 5) is 15.5. The molecule has 0 spiro atoms. The van der Waals surface area contributed by atoms with Gasteiger partial charge in [0, 0.05) is 13.2 Å². The second-order valence-corrected chi connectivity index (χ2v) is 4.75. The van der Waals surface area contributed by atoms with Crippen LogP contribution in [0.25, 0.3) is 0 Å². The van der Waals surface area contributed by atoms with Crippen molar-refractivity contribution in [3.8, 4) is 0 Å². The lowest BCUT2D eigenvalue weighted by molar-refractivity contribution is -0.0481. The van der Waals surface area contributed by atoms with E-state index in [9.17, 15) is 14.3 Å². The molecule has 104 valence electrons. The van der Waals surface area contributed by atoms with Gasteiger partial charge in [-0.3, -0.25) is 4.57 Å². The van der Waals surface area contributed by atoms with Crippen LogP contribution in [0.15, 0.2) is 17.1 Å². The van der Waals surface area contributed by atoms with Gasteiger partial charge in [0.05, 0.1) is 6.61 Å². The molecule has 1 aliphatic heterocycles. The fraction of sp³-hybridized carbons (Fsp3) is 0.636. The van der Waals surface area contributed by atoms with E-state index in [4.69, 9.17) is 9.84 Å². The van der Waals surface area contributed by atoms with E-state index in [0.29, 0.717) is 5.82 Å². The molecule has 8 heteroatoms. The van der Waals surface area contributed by atoms with Crippen LogP contribution in [0, 0.1) is 0 Å². The van der Waals surface area contributed by atoms with E-state index in [2.05, 4.69) is 10.3 Å². The van der Waals surface area contributed by atoms with E-state index in [0.717, 1.165) is 4.57 Å². The van der Waals surface area contributed by atoms with Crippen molar-refractivity contribution in [3.63, 3.8) is 0 Å². The van der Waals surface area contributed by atoms with E-state index in [1.807, 2.05) is 0 Å². The lowest BCUT2D eigenvalue weighted by Gasteiger charge is -2.19. The van der Waals surface area contributed by atoms with Gasteiger partial charge in [0.25, 0.3) is 0 Å². The number of alkyl halides is 1. The molecule has 4 unspecified atom stereocenters. The van der Waals surface area contributed by atoms with Crippen LogP contribution in [0.3, 0.4) is 0 Å². The number of fused-ring (bicyclic) bond motifs is 1. The van der Waals surface area contributed by atoms with Gasteiger partial charge in [-0.2, -0.15) is 4.98 Å². The van der Waals surface area contributed by atoms with Crippen molar-refractivity contribution in [3.05, 3.63) is 22.7 Å². The average Bonchev–Trinajstić information content (AvgIpc) is 2.91. The zero-order valence-corrected chi connectivity index (χ0v) is 10.2. The van der Waals surface area contributed by atoms with Crippen LogP contribution in [0.5, 0.6) is 0 Å². The standard InChI is InChI=1S/C11H14FN3O4/c1-13-6-2-3-15(10(18)14-6)7-9-11(7,12)8(17)5(4-16)19-9/h2-3,5,7-9,16-17H,4H2,1H3,(H,13,14,18)/t5-,7?,8?,9?,11?/m1/s1. The molecule has 0 bridgehead atoms. The highest BCUT2D eigenvalue weighted by Crippen LogP contribution is 2.60. The maximum atomic E-state index is 14.5. The summed E-state index contributed by atoms with van der Waals surface area (Å²) in [5.41, 5.74) is -2.64. The number of halogens is 1. The third kappa shape index (κ3) is 1.54. The lowest BCUT2D eigenvalue weighted by atomic mass is 10.1. The Hall–Kier alpha value is -1.51. The molecule has 3 N–H and O–H groups in total. The molecule has 19 heavy (non-hydrogen) atoms. The van der Waals surface area contributed by atoms with Gasteiger partial charge in [-0.1, -0.05) is 0 Å². The molecule has 1 aliphatic carbocycles. The van der Waals surface area contributed by atoms with Crippen LogP contribution in [-0.4, -0.2) is 57.4 Å². The van der Waals surface area contributed by atoms with E-state index in [-0.39, 0.29) is 0 Å². The van der Waals surface area contributed by atoms with Gasteiger partial charge in [-0.15, -0.1) is 0 Å². The summed E-state index contributed by atoms with van der Waals surface area (Å²) in [6, 6.07) is 0.644. The van der Waals surface area contributed by atoms with E-state index in [1.165, 1.54) is 12.3 Å². The summed E-state index contributed by atoms with van der Waals surface area (Å²) < 4.78 is 20.9. The zero-order chi connectivity index (χ0) is 13.8. The second-order valence-electron chi connectivity index (χ2n) is 4.75. The number of aliphatic hydroxyl groups is 2. The Morgan fingerprint density at radius 1 is 1.68 bits per heavy atom. The first-order chi connectivity index (χ1) is 9.03. The van der Waals surface area contributed by atoms with Crippen molar-refractivity contribution in [1.82, 2.24) is 9.55 Å². The van der Waals surface area contributed by atoms with Gasteiger partial charge in [-0.25, -0.2) is 9.18 Å². The first kappa shape index (κ1) is 12.5. The molecule has 2 heterocycles. The summed E-state index contributed by atoms with van der Waals surface area (Å²) in [7, 11) is 1.62. The fourth-order valence-corrected chi connectivity index (χ4v) is 2.66. The second kappa shape index (κ2) is 3.99. The molecule has 0 aromatic carbocycles. The number of aromatic nitrogens is 2. The molecular weight excluding hydrogens is 257 g/mol. The molecule has 2 fully saturated rings. The number of anilines is 1. The predicted molar refractivity (Wildman–Crippen MR) is 62.7 cm³/mol. The van der Waals surface area contributed by atoms with Crippen molar-refractivity contribution in [1.29, 1.82) is 0 Å². The first-order valence-electron chi connectivity index (χ1n) is 5.94. The van der Waals surface area contributed by atoms with Crippen molar-refractivity contribution < 1.29 is 19.3 Å². The maximum Gasteiger partial charge on any atom is 0.349 e. The summed E-state index contributed by atoms with van der Waals surface area (Å²) in [5, 5.41) is 21.4. The Bertz CT molecular complexity index is 565.